The molecule has 36 heavy (non-hydrogen) atoms. The number of nitrogens with zero attached hydrogens (tertiary/aromatic N) is 4. The van der Waals surface area contributed by atoms with E-state index < -0.39 is 11.6 Å². The molecule has 1 aliphatic heterocycles. The van der Waals surface area contributed by atoms with Crippen LogP contribution in [0.15, 0.2) is 67.1 Å². The quantitative estimate of drug-likeness (QED) is 0.313. The maximum absolute atomic E-state index is 14.5. The maximum Gasteiger partial charge on any atom is 0.184 e. The van der Waals surface area contributed by atoms with Crippen molar-refractivity contribution < 1.29 is 13.6 Å². The summed E-state index contributed by atoms with van der Waals surface area (Å²) in [7, 11) is 0. The fraction of sp³-hybridized carbons (Fsp3) is 0.185. The van der Waals surface area contributed by atoms with Crippen molar-refractivity contribution in [3.8, 4) is 0 Å². The van der Waals surface area contributed by atoms with Gasteiger partial charge >= 0.3 is 0 Å². The lowest BCUT2D eigenvalue weighted by molar-refractivity contribution is 0.101. The van der Waals surface area contributed by atoms with E-state index >= 15 is 0 Å². The highest BCUT2D eigenvalue weighted by molar-refractivity contribution is 6.09. The van der Waals surface area contributed by atoms with E-state index in [9.17, 15) is 13.6 Å². The molecule has 7 nitrogen and oxygen atoms in total. The van der Waals surface area contributed by atoms with Crippen molar-refractivity contribution in [3.05, 3.63) is 89.9 Å². The van der Waals surface area contributed by atoms with Crippen LogP contribution in [0.2, 0.25) is 0 Å². The molecule has 1 saturated heterocycles. The average molecular weight is 485 g/mol. The molecule has 5 aromatic rings. The van der Waals surface area contributed by atoms with Gasteiger partial charge < -0.3 is 15.2 Å². The van der Waals surface area contributed by atoms with Crippen LogP contribution in [0.25, 0.3) is 21.9 Å². The van der Waals surface area contributed by atoms with Gasteiger partial charge in [0, 0.05) is 34.8 Å². The number of nitrogens with one attached hydrogen (secondary N) is 2. The van der Waals surface area contributed by atoms with Crippen molar-refractivity contribution in [2.45, 2.75) is 18.9 Å². The summed E-state index contributed by atoms with van der Waals surface area (Å²) in [6.45, 7) is 0.690. The van der Waals surface area contributed by atoms with E-state index in [1.165, 1.54) is 12.4 Å². The summed E-state index contributed by atoms with van der Waals surface area (Å²) in [6.07, 6.45) is 4.65. The van der Waals surface area contributed by atoms with Crippen LogP contribution < -0.4 is 10.2 Å². The fourth-order valence-electron chi connectivity index (χ4n) is 4.91. The Morgan fingerprint density at radius 3 is 2.92 bits per heavy atom. The average Bonchev–Trinajstić information content (AvgIpc) is 3.56. The molecule has 6 rings (SSSR count). The highest BCUT2D eigenvalue weighted by Gasteiger charge is 2.30. The molecule has 1 unspecified atom stereocenters. The molecule has 1 aliphatic rings. The molecule has 9 heteroatoms. The third-order valence-electron chi connectivity index (χ3n) is 6.64. The minimum absolute atomic E-state index is 0.0285. The van der Waals surface area contributed by atoms with Crippen LogP contribution in [0.3, 0.4) is 0 Å². The predicted molar refractivity (Wildman–Crippen MR) is 134 cm³/mol. The number of halogens is 2. The normalized spacial score (nSPS) is 15.6. The van der Waals surface area contributed by atoms with Crippen LogP contribution in [0.5, 0.6) is 0 Å². The third-order valence-corrected chi connectivity index (χ3v) is 6.64. The molecule has 180 valence electrons. The second kappa shape index (κ2) is 8.99. The number of para-hydroxylation sites is 1. The van der Waals surface area contributed by atoms with Crippen LogP contribution in [0.1, 0.15) is 34.8 Å². The van der Waals surface area contributed by atoms with Gasteiger partial charge in [0.2, 0.25) is 0 Å². The van der Waals surface area contributed by atoms with E-state index in [0.29, 0.717) is 46.8 Å². The highest BCUT2D eigenvalue weighted by Crippen LogP contribution is 2.37. The summed E-state index contributed by atoms with van der Waals surface area (Å²) >= 11 is 0. The van der Waals surface area contributed by atoms with Gasteiger partial charge in [0.1, 0.15) is 29.3 Å². The molecule has 0 bridgehead atoms. The molecule has 1 fully saturated rings. The second-order valence-electron chi connectivity index (χ2n) is 8.80. The first-order chi connectivity index (χ1) is 17.6. The topological polar surface area (TPSA) is 86.8 Å². The zero-order valence-electron chi connectivity index (χ0n) is 19.2. The first-order valence-electron chi connectivity index (χ1n) is 11.7. The van der Waals surface area contributed by atoms with E-state index in [1.54, 1.807) is 6.20 Å². The number of anilines is 2. The number of carbonyl (C=O) groups excluding carboxylic acids is 1. The van der Waals surface area contributed by atoms with Crippen molar-refractivity contribution in [1.29, 1.82) is 0 Å². The van der Waals surface area contributed by atoms with Crippen LogP contribution in [0.4, 0.5) is 20.4 Å². The first-order valence-corrected chi connectivity index (χ1v) is 11.7. The molecule has 0 aliphatic carbocycles. The SMILES string of the molecule is O=C(CNc1ncnc2ccc(N3CCCC3c3cc(F)ccc3F)nc12)c1c[nH]c2ccccc12. The molecular formula is C27H22F2N6O. The van der Waals surface area contributed by atoms with Gasteiger partial charge in [-0.1, -0.05) is 18.2 Å². The van der Waals surface area contributed by atoms with Gasteiger partial charge in [-0.3, -0.25) is 4.79 Å². The van der Waals surface area contributed by atoms with Crippen molar-refractivity contribution in [2.75, 3.05) is 23.3 Å². The lowest BCUT2D eigenvalue weighted by Gasteiger charge is -2.26. The molecule has 0 radical (unpaired) electrons. The Kier molecular flexibility index (Phi) is 5.52. The van der Waals surface area contributed by atoms with Gasteiger partial charge in [-0.15, -0.1) is 0 Å². The van der Waals surface area contributed by atoms with Crippen molar-refractivity contribution in [2.24, 2.45) is 0 Å². The molecule has 0 spiro atoms. The number of pyridine rings is 1. The Bertz CT molecular complexity index is 1600. The zero-order chi connectivity index (χ0) is 24.6. The number of rotatable bonds is 6. The minimum Gasteiger partial charge on any atom is -0.361 e. The number of fused-ring (bicyclic) bond motifs is 2. The maximum atomic E-state index is 14.5. The van der Waals surface area contributed by atoms with Crippen LogP contribution in [-0.2, 0) is 0 Å². The molecular weight excluding hydrogens is 462 g/mol. The number of hydrogen-bond donors (Lipinski definition) is 2. The van der Waals surface area contributed by atoms with Gasteiger partial charge in [-0.05, 0) is 49.2 Å². The van der Waals surface area contributed by atoms with E-state index in [0.717, 1.165) is 29.5 Å². The van der Waals surface area contributed by atoms with Crippen molar-refractivity contribution >= 4 is 39.4 Å². The number of Topliss-reactive ketones (excluding diaryl/α,β-unsaturated/α-hetero) is 1. The molecule has 2 N–H and O–H groups in total. The second-order valence-corrected chi connectivity index (χ2v) is 8.80. The standard InChI is InChI=1S/C27H22F2N6O/c28-16-7-8-20(29)18(12-16)23-6-3-11-35(23)25-10-9-22-26(34-25)27(33-15-32-22)31-14-24(36)19-13-30-21-5-2-1-4-17(19)21/h1-2,4-5,7-10,12-13,15,23,30H,3,6,11,14H2,(H,31,32,33). The largest absolute Gasteiger partial charge is 0.361 e. The van der Waals surface area contributed by atoms with Crippen LogP contribution in [0, 0.1) is 11.6 Å². The molecule has 3 aromatic heterocycles. The smallest absolute Gasteiger partial charge is 0.184 e. The van der Waals surface area contributed by atoms with Crippen molar-refractivity contribution in [3.63, 3.8) is 0 Å². The third kappa shape index (κ3) is 3.92. The summed E-state index contributed by atoms with van der Waals surface area (Å²) in [5.74, 6) is 0.0637. The predicted octanol–water partition coefficient (Wildman–Crippen LogP) is 5.42. The Balaban J connectivity index is 1.29. The van der Waals surface area contributed by atoms with Crippen LogP contribution >= 0.6 is 0 Å². The lowest BCUT2D eigenvalue weighted by Crippen LogP contribution is -2.24. The molecule has 1 atom stereocenters. The van der Waals surface area contributed by atoms with Gasteiger partial charge in [0.05, 0.1) is 18.1 Å². The van der Waals surface area contributed by atoms with Crippen LogP contribution in [-0.4, -0.2) is 38.8 Å². The number of aromatic amines is 1. The van der Waals surface area contributed by atoms with Crippen molar-refractivity contribution in [1.82, 2.24) is 19.9 Å². The van der Waals surface area contributed by atoms with E-state index in [4.69, 9.17) is 4.98 Å². The Hall–Kier alpha value is -4.40. The summed E-state index contributed by atoms with van der Waals surface area (Å²) in [5, 5.41) is 3.98. The number of hydrogen-bond acceptors (Lipinski definition) is 6. The number of benzene rings is 2. The summed E-state index contributed by atoms with van der Waals surface area (Å²) < 4.78 is 28.4. The monoisotopic (exact) mass is 484 g/mol. The zero-order valence-corrected chi connectivity index (χ0v) is 19.2. The number of carbonyl (C=O) groups is 1. The number of ketones is 1. The lowest BCUT2D eigenvalue weighted by atomic mass is 10.0. The summed E-state index contributed by atoms with van der Waals surface area (Å²) in [5.41, 5.74) is 2.94. The Morgan fingerprint density at radius 1 is 1.11 bits per heavy atom. The van der Waals surface area contributed by atoms with Gasteiger partial charge in [0.15, 0.2) is 11.6 Å². The summed E-state index contributed by atoms with van der Waals surface area (Å²) in [4.78, 5) is 31.4. The summed E-state index contributed by atoms with van der Waals surface area (Å²) in [6, 6.07) is 14.5. The minimum atomic E-state index is -0.468. The van der Waals surface area contributed by atoms with E-state index in [-0.39, 0.29) is 18.4 Å². The number of H-pyrrole nitrogens is 1. The van der Waals surface area contributed by atoms with E-state index in [2.05, 4.69) is 20.3 Å². The van der Waals surface area contributed by atoms with E-state index in [1.807, 2.05) is 41.3 Å². The fourth-order valence-corrected chi connectivity index (χ4v) is 4.91. The van der Waals surface area contributed by atoms with Gasteiger partial charge in [0.25, 0.3) is 0 Å². The molecule has 0 amide bonds. The molecule has 2 aromatic carbocycles. The Morgan fingerprint density at radius 2 is 2.00 bits per heavy atom. The molecule has 0 saturated carbocycles. The highest BCUT2D eigenvalue weighted by atomic mass is 19.1. The van der Waals surface area contributed by atoms with Gasteiger partial charge in [-0.2, -0.15) is 0 Å². The molecule has 4 heterocycles. The van der Waals surface area contributed by atoms with Gasteiger partial charge in [-0.25, -0.2) is 23.7 Å². The first kappa shape index (κ1) is 22.1. The Labute approximate surface area is 205 Å². The number of aromatic nitrogens is 4.